The number of carbonyl (C=O) groups is 2. The molecule has 0 saturated carbocycles. The van der Waals surface area contributed by atoms with Crippen LogP contribution in [0.15, 0.2) is 9.90 Å². The summed E-state index contributed by atoms with van der Waals surface area (Å²) in [6, 6.07) is 0. The summed E-state index contributed by atoms with van der Waals surface area (Å²) < 4.78 is 5.18. The minimum Gasteiger partial charge on any atom is -0.360 e. The van der Waals surface area contributed by atoms with E-state index in [2.05, 4.69) is 15.5 Å². The van der Waals surface area contributed by atoms with E-state index >= 15 is 0 Å². The molecule has 0 aliphatic rings. The van der Waals surface area contributed by atoms with Gasteiger partial charge in [0.15, 0.2) is 16.7 Å². The van der Waals surface area contributed by atoms with Crippen LogP contribution < -0.4 is 5.32 Å². The molecule has 2 aromatic heterocycles. The average molecular weight is 293 g/mol. The van der Waals surface area contributed by atoms with Crippen molar-refractivity contribution in [3.05, 3.63) is 28.1 Å². The van der Waals surface area contributed by atoms with Gasteiger partial charge in [-0.05, 0) is 6.92 Å². The second-order valence-electron chi connectivity index (χ2n) is 4.71. The normalized spacial score (nSPS) is 10.8. The third-order valence-electron chi connectivity index (χ3n) is 2.73. The summed E-state index contributed by atoms with van der Waals surface area (Å²) in [5.41, 5.74) is 1.31. The molecule has 0 aliphatic carbocycles. The van der Waals surface area contributed by atoms with Gasteiger partial charge in [-0.15, -0.1) is 11.3 Å². The molecule has 0 atom stereocenters. The van der Waals surface area contributed by atoms with E-state index in [1.807, 2.05) is 13.8 Å². The second-order valence-corrected chi connectivity index (χ2v) is 5.57. The first-order chi connectivity index (χ1) is 9.40. The first-order valence-electron chi connectivity index (χ1n) is 6.14. The van der Waals surface area contributed by atoms with E-state index in [1.165, 1.54) is 18.3 Å². The summed E-state index contributed by atoms with van der Waals surface area (Å²) >= 11 is 1.21. The number of rotatable bonds is 4. The van der Waals surface area contributed by atoms with E-state index < -0.39 is 0 Å². The fraction of sp³-hybridized carbons (Fsp3) is 0.385. The van der Waals surface area contributed by atoms with Crippen LogP contribution in [0.1, 0.15) is 59.0 Å². The monoisotopic (exact) mass is 293 g/mol. The molecule has 2 heterocycles. The molecule has 0 aromatic carbocycles. The number of hydrogen-bond acceptors (Lipinski definition) is 6. The highest BCUT2D eigenvalue weighted by molar-refractivity contribution is 7.14. The molecule has 7 heteroatoms. The van der Waals surface area contributed by atoms with Crippen LogP contribution in [-0.2, 0) is 0 Å². The molecule has 106 valence electrons. The summed E-state index contributed by atoms with van der Waals surface area (Å²) in [6.45, 7) is 7.00. The quantitative estimate of drug-likeness (QED) is 0.876. The van der Waals surface area contributed by atoms with Crippen molar-refractivity contribution in [3.63, 3.8) is 0 Å². The molecule has 1 amide bonds. The third-order valence-corrected chi connectivity index (χ3v) is 3.48. The van der Waals surface area contributed by atoms with Crippen LogP contribution in [0, 0.1) is 6.92 Å². The van der Waals surface area contributed by atoms with Crippen molar-refractivity contribution in [1.29, 1.82) is 0 Å². The Hall–Kier alpha value is -2.02. The van der Waals surface area contributed by atoms with Crippen LogP contribution in [0.3, 0.4) is 0 Å². The number of Topliss-reactive ketones (excluding diaryl/α,β-unsaturated/α-hetero) is 1. The minimum atomic E-state index is -0.322. The number of carbonyl (C=O) groups excluding carboxylic acids is 2. The fourth-order valence-corrected chi connectivity index (χ4v) is 2.45. The number of anilines is 1. The van der Waals surface area contributed by atoms with Gasteiger partial charge in [0.1, 0.15) is 11.3 Å². The summed E-state index contributed by atoms with van der Waals surface area (Å²) in [5, 5.41) is 8.50. The molecule has 1 N–H and O–H groups in total. The van der Waals surface area contributed by atoms with Crippen molar-refractivity contribution in [2.24, 2.45) is 0 Å². The number of thiazole rings is 1. The smallest absolute Gasteiger partial charge is 0.262 e. The lowest BCUT2D eigenvalue weighted by atomic mass is 10.0. The van der Waals surface area contributed by atoms with Gasteiger partial charge in [0.2, 0.25) is 0 Å². The highest BCUT2D eigenvalue weighted by Crippen LogP contribution is 2.24. The number of ketones is 1. The maximum atomic E-state index is 12.3. The van der Waals surface area contributed by atoms with Crippen LogP contribution in [0.4, 0.5) is 5.13 Å². The molecule has 2 rings (SSSR count). The lowest BCUT2D eigenvalue weighted by Gasteiger charge is -2.04. The zero-order chi connectivity index (χ0) is 14.9. The van der Waals surface area contributed by atoms with Gasteiger partial charge >= 0.3 is 0 Å². The van der Waals surface area contributed by atoms with E-state index in [-0.39, 0.29) is 17.6 Å². The summed E-state index contributed by atoms with van der Waals surface area (Å²) in [5.74, 6) is 0.145. The van der Waals surface area contributed by atoms with Gasteiger partial charge in [-0.3, -0.25) is 14.9 Å². The van der Waals surface area contributed by atoms with Crippen LogP contribution in [0.2, 0.25) is 0 Å². The topological polar surface area (TPSA) is 85.1 Å². The molecule has 6 nitrogen and oxygen atoms in total. The first-order valence-corrected chi connectivity index (χ1v) is 7.02. The Morgan fingerprint density at radius 2 is 2.10 bits per heavy atom. The maximum Gasteiger partial charge on any atom is 0.262 e. The third kappa shape index (κ3) is 2.77. The van der Waals surface area contributed by atoms with Gasteiger partial charge in [0.25, 0.3) is 5.91 Å². The number of nitrogens with zero attached hydrogens (tertiary/aromatic N) is 2. The molecule has 0 saturated heterocycles. The number of nitrogens with one attached hydrogen (secondary N) is 1. The van der Waals surface area contributed by atoms with Gasteiger partial charge in [-0.2, -0.15) is 0 Å². The molecule has 0 aliphatic heterocycles. The average Bonchev–Trinajstić information content (AvgIpc) is 2.95. The van der Waals surface area contributed by atoms with Gasteiger partial charge in [0, 0.05) is 18.2 Å². The maximum absolute atomic E-state index is 12.3. The molecule has 0 bridgehead atoms. The van der Waals surface area contributed by atoms with Crippen LogP contribution in [0.25, 0.3) is 0 Å². The summed E-state index contributed by atoms with van der Waals surface area (Å²) in [4.78, 5) is 27.5. The first kappa shape index (κ1) is 14.4. The Labute approximate surface area is 120 Å². The van der Waals surface area contributed by atoms with Gasteiger partial charge < -0.3 is 4.52 Å². The molecule has 0 radical (unpaired) electrons. The zero-order valence-corrected chi connectivity index (χ0v) is 12.5. The van der Waals surface area contributed by atoms with E-state index in [1.54, 1.807) is 12.3 Å². The number of hydrogen-bond donors (Lipinski definition) is 1. The van der Waals surface area contributed by atoms with Crippen molar-refractivity contribution < 1.29 is 14.1 Å². The molecule has 2 aromatic rings. The van der Waals surface area contributed by atoms with Crippen molar-refractivity contribution in [2.45, 2.75) is 33.6 Å². The SMILES string of the molecule is CC(=O)c1csc(NC(=O)c2c(C)noc2C(C)C)n1. The van der Waals surface area contributed by atoms with Gasteiger partial charge in [0.05, 0.1) is 5.69 Å². The van der Waals surface area contributed by atoms with Crippen molar-refractivity contribution in [2.75, 3.05) is 5.32 Å². The minimum absolute atomic E-state index is 0.0565. The Bertz CT molecular complexity index is 658. The number of aromatic nitrogens is 2. The van der Waals surface area contributed by atoms with Gasteiger partial charge in [-0.1, -0.05) is 19.0 Å². The zero-order valence-electron chi connectivity index (χ0n) is 11.7. The van der Waals surface area contributed by atoms with Crippen molar-refractivity contribution >= 4 is 28.2 Å². The van der Waals surface area contributed by atoms with Crippen LogP contribution >= 0.6 is 11.3 Å². The molecule has 0 spiro atoms. The Kier molecular flexibility index (Phi) is 3.99. The van der Waals surface area contributed by atoms with E-state index in [0.717, 1.165) is 0 Å². The second kappa shape index (κ2) is 5.54. The van der Waals surface area contributed by atoms with Crippen molar-refractivity contribution in [1.82, 2.24) is 10.1 Å². The van der Waals surface area contributed by atoms with E-state index in [0.29, 0.717) is 27.8 Å². The Morgan fingerprint density at radius 3 is 2.65 bits per heavy atom. The summed E-state index contributed by atoms with van der Waals surface area (Å²) in [7, 11) is 0. The highest BCUT2D eigenvalue weighted by atomic mass is 32.1. The van der Waals surface area contributed by atoms with E-state index in [4.69, 9.17) is 4.52 Å². The van der Waals surface area contributed by atoms with Crippen molar-refractivity contribution in [3.8, 4) is 0 Å². The molecular weight excluding hydrogens is 278 g/mol. The number of aryl methyl sites for hydroxylation is 1. The Balaban J connectivity index is 2.23. The lowest BCUT2D eigenvalue weighted by molar-refractivity contribution is 0.100. The van der Waals surface area contributed by atoms with Crippen LogP contribution in [-0.4, -0.2) is 21.8 Å². The Morgan fingerprint density at radius 1 is 1.40 bits per heavy atom. The van der Waals surface area contributed by atoms with E-state index in [9.17, 15) is 9.59 Å². The highest BCUT2D eigenvalue weighted by Gasteiger charge is 2.23. The molecule has 0 unspecified atom stereocenters. The molecule has 20 heavy (non-hydrogen) atoms. The molecular formula is C13H15N3O3S. The lowest BCUT2D eigenvalue weighted by Crippen LogP contribution is -2.14. The largest absolute Gasteiger partial charge is 0.360 e. The predicted molar refractivity (Wildman–Crippen MR) is 75.4 cm³/mol. The summed E-state index contributed by atoms with van der Waals surface area (Å²) in [6.07, 6.45) is 0. The standard InChI is InChI=1S/C13H15N3O3S/c1-6(2)11-10(7(3)16-19-11)12(18)15-13-14-9(5-20-13)8(4)17/h5-6H,1-4H3,(H,14,15,18). The number of amides is 1. The molecule has 0 fully saturated rings. The van der Waals surface area contributed by atoms with Gasteiger partial charge in [-0.25, -0.2) is 4.98 Å². The van der Waals surface area contributed by atoms with Crippen LogP contribution in [0.5, 0.6) is 0 Å². The predicted octanol–water partition coefficient (Wildman–Crippen LogP) is 3.02. The fourth-order valence-electron chi connectivity index (χ4n) is 1.71.